The molecular weight excluding hydrogens is 404 g/mol. The molecule has 2 rings (SSSR count). The number of aryl methyl sites for hydroxylation is 1. The average Bonchev–Trinajstić information content (AvgIpc) is 2.80. The Kier molecular flexibility index (Phi) is 9.93. The summed E-state index contributed by atoms with van der Waals surface area (Å²) in [6, 6.07) is 9.05. The largest absolute Gasteiger partial charge is 0.496 e. The van der Waals surface area contributed by atoms with Crippen LogP contribution in [0.25, 0.3) is 0 Å². The molecule has 0 saturated heterocycles. The first kappa shape index (κ1) is 24.3. The lowest BCUT2D eigenvalue weighted by atomic mass is 10.00. The van der Waals surface area contributed by atoms with Gasteiger partial charge in [0.05, 0.1) is 21.3 Å². The van der Waals surface area contributed by atoms with Gasteiger partial charge in [0.15, 0.2) is 36.6 Å². The van der Waals surface area contributed by atoms with Crippen LogP contribution in [-0.2, 0) is 27.1 Å². The third-order valence-electron chi connectivity index (χ3n) is 4.59. The number of ether oxygens (including phenoxy) is 7. The number of carbonyl (C=O) groups is 1. The molecular formula is C23H30O8. The number of rotatable bonds is 14. The van der Waals surface area contributed by atoms with Crippen molar-refractivity contribution >= 4 is 5.78 Å². The van der Waals surface area contributed by atoms with Gasteiger partial charge in [-0.25, -0.2) is 0 Å². The van der Waals surface area contributed by atoms with E-state index >= 15 is 0 Å². The van der Waals surface area contributed by atoms with Crippen LogP contribution in [0.1, 0.15) is 17.5 Å². The maximum Gasteiger partial charge on any atom is 0.188 e. The van der Waals surface area contributed by atoms with Gasteiger partial charge in [-0.05, 0) is 30.2 Å². The van der Waals surface area contributed by atoms with Crippen LogP contribution >= 0.6 is 0 Å². The SMILES string of the molecule is COCOc1c(CCC(=O)Cc2c(OC)ccc(OC)c2OCOC)cccc1OC. The zero-order chi connectivity index (χ0) is 22.6. The predicted octanol–water partition coefficient (Wildman–Crippen LogP) is 3.42. The van der Waals surface area contributed by atoms with Gasteiger partial charge < -0.3 is 33.2 Å². The summed E-state index contributed by atoms with van der Waals surface area (Å²) in [5.74, 6) is 2.65. The molecule has 0 radical (unpaired) electrons. The summed E-state index contributed by atoms with van der Waals surface area (Å²) in [7, 11) is 7.72. The van der Waals surface area contributed by atoms with Crippen LogP contribution < -0.4 is 23.7 Å². The van der Waals surface area contributed by atoms with Crippen molar-refractivity contribution in [1.29, 1.82) is 0 Å². The Balaban J connectivity index is 2.20. The molecule has 8 heteroatoms. The van der Waals surface area contributed by atoms with Crippen molar-refractivity contribution in [3.8, 4) is 28.7 Å². The minimum Gasteiger partial charge on any atom is -0.496 e. The zero-order valence-corrected chi connectivity index (χ0v) is 18.7. The fourth-order valence-electron chi connectivity index (χ4n) is 3.14. The number of benzene rings is 2. The van der Waals surface area contributed by atoms with E-state index in [1.165, 1.54) is 14.2 Å². The quantitative estimate of drug-likeness (QED) is 0.419. The Morgan fingerprint density at radius 3 is 1.94 bits per heavy atom. The number of hydrogen-bond donors (Lipinski definition) is 0. The summed E-state index contributed by atoms with van der Waals surface area (Å²) < 4.78 is 37.5. The Bertz CT molecular complexity index is 850. The summed E-state index contributed by atoms with van der Waals surface area (Å²) in [6.45, 7) is 0.108. The van der Waals surface area contributed by atoms with Gasteiger partial charge in [-0.1, -0.05) is 12.1 Å². The summed E-state index contributed by atoms with van der Waals surface area (Å²) in [6.07, 6.45) is 0.897. The number of ketones is 1. The first-order valence-corrected chi connectivity index (χ1v) is 9.74. The second-order valence-corrected chi connectivity index (χ2v) is 6.54. The van der Waals surface area contributed by atoms with E-state index in [2.05, 4.69) is 0 Å². The monoisotopic (exact) mass is 434 g/mol. The van der Waals surface area contributed by atoms with Gasteiger partial charge in [0.2, 0.25) is 0 Å². The number of carbonyl (C=O) groups excluding carboxylic acids is 1. The molecule has 0 spiro atoms. The minimum atomic E-state index is 0.00864. The lowest BCUT2D eigenvalue weighted by Crippen LogP contribution is -2.11. The molecule has 0 aliphatic heterocycles. The second-order valence-electron chi connectivity index (χ2n) is 6.54. The van der Waals surface area contributed by atoms with Gasteiger partial charge in [-0.15, -0.1) is 0 Å². The van der Waals surface area contributed by atoms with Crippen molar-refractivity contribution < 1.29 is 38.0 Å². The average molecular weight is 434 g/mol. The van der Waals surface area contributed by atoms with Crippen molar-refractivity contribution in [3.63, 3.8) is 0 Å². The van der Waals surface area contributed by atoms with Crippen LogP contribution in [0.2, 0.25) is 0 Å². The molecule has 2 aromatic carbocycles. The predicted molar refractivity (Wildman–Crippen MR) is 115 cm³/mol. The topological polar surface area (TPSA) is 81.7 Å². The van der Waals surface area contributed by atoms with E-state index < -0.39 is 0 Å². The van der Waals surface area contributed by atoms with Crippen LogP contribution in [-0.4, -0.2) is 54.9 Å². The van der Waals surface area contributed by atoms with E-state index in [4.69, 9.17) is 33.2 Å². The van der Waals surface area contributed by atoms with Crippen LogP contribution in [0.3, 0.4) is 0 Å². The third kappa shape index (κ3) is 6.50. The second kappa shape index (κ2) is 12.7. The Hall–Kier alpha value is -2.97. The number of Topliss-reactive ketones (excluding diaryl/α,β-unsaturated/α-hetero) is 1. The van der Waals surface area contributed by atoms with Gasteiger partial charge in [0.25, 0.3) is 0 Å². The minimum absolute atomic E-state index is 0.00864. The first-order chi connectivity index (χ1) is 15.1. The molecule has 0 aromatic heterocycles. The van der Waals surface area contributed by atoms with E-state index in [9.17, 15) is 4.79 Å². The van der Waals surface area contributed by atoms with Crippen LogP contribution in [0, 0.1) is 0 Å². The molecule has 170 valence electrons. The zero-order valence-electron chi connectivity index (χ0n) is 18.7. The highest BCUT2D eigenvalue weighted by atomic mass is 16.7. The molecule has 0 atom stereocenters. The lowest BCUT2D eigenvalue weighted by molar-refractivity contribution is -0.118. The molecule has 0 saturated carbocycles. The molecule has 0 heterocycles. The molecule has 0 bridgehead atoms. The Morgan fingerprint density at radius 1 is 0.742 bits per heavy atom. The first-order valence-electron chi connectivity index (χ1n) is 9.74. The molecule has 8 nitrogen and oxygen atoms in total. The highest BCUT2D eigenvalue weighted by molar-refractivity contribution is 5.83. The van der Waals surface area contributed by atoms with Crippen molar-refractivity contribution in [3.05, 3.63) is 41.5 Å². The molecule has 0 N–H and O–H groups in total. The lowest BCUT2D eigenvalue weighted by Gasteiger charge is -2.17. The molecule has 0 aliphatic rings. The summed E-state index contributed by atoms with van der Waals surface area (Å²) in [5.41, 5.74) is 1.48. The smallest absolute Gasteiger partial charge is 0.188 e. The van der Waals surface area contributed by atoms with Gasteiger partial charge in [-0.2, -0.15) is 0 Å². The van der Waals surface area contributed by atoms with E-state index in [1.807, 2.05) is 12.1 Å². The summed E-state index contributed by atoms with van der Waals surface area (Å²) in [4.78, 5) is 12.9. The molecule has 0 unspecified atom stereocenters. The van der Waals surface area contributed by atoms with Crippen LogP contribution in [0.4, 0.5) is 0 Å². The van der Waals surface area contributed by atoms with Gasteiger partial charge >= 0.3 is 0 Å². The maximum atomic E-state index is 12.9. The molecule has 0 amide bonds. The van der Waals surface area contributed by atoms with E-state index in [1.54, 1.807) is 39.5 Å². The highest BCUT2D eigenvalue weighted by Crippen LogP contribution is 2.38. The third-order valence-corrected chi connectivity index (χ3v) is 4.59. The van der Waals surface area contributed by atoms with Crippen LogP contribution in [0.5, 0.6) is 28.7 Å². The Labute approximate surface area is 182 Å². The number of hydrogen-bond acceptors (Lipinski definition) is 8. The molecule has 2 aromatic rings. The van der Waals surface area contributed by atoms with Gasteiger partial charge in [0, 0.05) is 32.6 Å². The van der Waals surface area contributed by atoms with E-state index in [0.717, 1.165) is 5.56 Å². The highest BCUT2D eigenvalue weighted by Gasteiger charge is 2.20. The van der Waals surface area contributed by atoms with Crippen molar-refractivity contribution in [2.75, 3.05) is 49.1 Å². The van der Waals surface area contributed by atoms with E-state index in [0.29, 0.717) is 47.2 Å². The fourth-order valence-corrected chi connectivity index (χ4v) is 3.14. The van der Waals surface area contributed by atoms with Gasteiger partial charge in [-0.3, -0.25) is 4.79 Å². The van der Waals surface area contributed by atoms with Crippen molar-refractivity contribution in [1.82, 2.24) is 0 Å². The summed E-state index contributed by atoms with van der Waals surface area (Å²) in [5, 5.41) is 0. The fraction of sp³-hybridized carbons (Fsp3) is 0.435. The molecule has 0 aliphatic carbocycles. The number of methoxy groups -OCH3 is 5. The Morgan fingerprint density at radius 2 is 1.32 bits per heavy atom. The standard InChI is InChI=1S/C23H30O8/c1-25-14-30-22-16(7-6-8-20(22)28-4)9-10-17(24)13-18-19(27-3)11-12-21(29-5)23(18)31-15-26-2/h6-8,11-12H,9-10,13-15H2,1-5H3. The van der Waals surface area contributed by atoms with Crippen molar-refractivity contribution in [2.45, 2.75) is 19.3 Å². The summed E-state index contributed by atoms with van der Waals surface area (Å²) >= 11 is 0. The normalized spacial score (nSPS) is 10.5. The van der Waals surface area contributed by atoms with Crippen molar-refractivity contribution in [2.24, 2.45) is 0 Å². The number of para-hydroxylation sites is 1. The molecule has 31 heavy (non-hydrogen) atoms. The molecule has 0 fully saturated rings. The maximum absolute atomic E-state index is 12.9. The van der Waals surface area contributed by atoms with Crippen LogP contribution in [0.15, 0.2) is 30.3 Å². The van der Waals surface area contributed by atoms with Gasteiger partial charge in [0.1, 0.15) is 11.5 Å². The van der Waals surface area contributed by atoms with E-state index in [-0.39, 0.29) is 25.8 Å².